The maximum Gasteiger partial charge on any atom is 0.254 e. The number of ether oxygens (including phenoxy) is 1. The van der Waals surface area contributed by atoms with Gasteiger partial charge in [-0.3, -0.25) is 9.59 Å². The predicted octanol–water partition coefficient (Wildman–Crippen LogP) is 3.13. The van der Waals surface area contributed by atoms with Crippen LogP contribution < -0.4 is 4.74 Å². The number of hydrogen-bond acceptors (Lipinski definition) is 4. The largest absolute Gasteiger partial charge is 0.493 e. The molecule has 0 radical (unpaired) electrons. The molecule has 0 aromatic heterocycles. The van der Waals surface area contributed by atoms with Gasteiger partial charge in [-0.15, -0.1) is 0 Å². The lowest BCUT2D eigenvalue weighted by Crippen LogP contribution is -2.40. The van der Waals surface area contributed by atoms with E-state index in [4.69, 9.17) is 16.3 Å². The van der Waals surface area contributed by atoms with E-state index >= 15 is 0 Å². The van der Waals surface area contributed by atoms with Crippen molar-refractivity contribution in [1.82, 2.24) is 5.01 Å². The van der Waals surface area contributed by atoms with E-state index < -0.39 is 0 Å². The average molecular weight is 371 g/mol. The minimum absolute atomic E-state index is 0.166. The summed E-state index contributed by atoms with van der Waals surface area (Å²) in [5.41, 5.74) is 0.652. The van der Waals surface area contributed by atoms with Gasteiger partial charge in [-0.1, -0.05) is 23.8 Å². The van der Waals surface area contributed by atoms with Crippen molar-refractivity contribution in [3.05, 3.63) is 40.9 Å². The maximum absolute atomic E-state index is 12.9. The summed E-state index contributed by atoms with van der Waals surface area (Å²) in [5.74, 6) is 1.41. The number of carbonyl (C=O) groups excluding carboxylic acids is 2. The first-order valence-electron chi connectivity index (χ1n) is 9.12. The van der Waals surface area contributed by atoms with Crippen LogP contribution in [0.5, 0.6) is 5.75 Å². The lowest BCUT2D eigenvalue weighted by atomic mass is 9.63. The van der Waals surface area contributed by atoms with Crippen molar-refractivity contribution in [2.45, 2.75) is 13.3 Å². The summed E-state index contributed by atoms with van der Waals surface area (Å²) in [6.45, 7) is 2.40. The van der Waals surface area contributed by atoms with Crippen molar-refractivity contribution in [1.29, 1.82) is 0 Å². The van der Waals surface area contributed by atoms with Crippen molar-refractivity contribution in [2.24, 2.45) is 40.6 Å². The van der Waals surface area contributed by atoms with E-state index in [1.807, 2.05) is 6.92 Å². The van der Waals surface area contributed by atoms with Crippen molar-refractivity contribution >= 4 is 29.6 Å². The monoisotopic (exact) mass is 370 g/mol. The Morgan fingerprint density at radius 2 is 1.85 bits per heavy atom. The highest BCUT2D eigenvalue weighted by Crippen LogP contribution is 2.65. The van der Waals surface area contributed by atoms with E-state index in [0.29, 0.717) is 34.8 Å². The van der Waals surface area contributed by atoms with E-state index in [1.54, 1.807) is 18.2 Å². The Labute approximate surface area is 156 Å². The van der Waals surface area contributed by atoms with Crippen LogP contribution in [0.3, 0.4) is 0 Å². The molecule has 2 amide bonds. The van der Waals surface area contributed by atoms with Crippen LogP contribution in [-0.4, -0.2) is 29.6 Å². The molecule has 2 saturated carbocycles. The average Bonchev–Trinajstić information content (AvgIpc) is 3.41. The Kier molecular flexibility index (Phi) is 3.51. The zero-order chi connectivity index (χ0) is 18.0. The number of benzene rings is 1. The van der Waals surface area contributed by atoms with Gasteiger partial charge in [-0.05, 0) is 55.2 Å². The Morgan fingerprint density at radius 3 is 2.46 bits per heavy atom. The summed E-state index contributed by atoms with van der Waals surface area (Å²) in [6, 6.07) is 5.22. The molecule has 2 bridgehead atoms. The molecule has 6 atom stereocenters. The van der Waals surface area contributed by atoms with E-state index in [0.717, 1.165) is 11.4 Å². The van der Waals surface area contributed by atoms with Gasteiger partial charge in [0.2, 0.25) is 0 Å². The van der Waals surface area contributed by atoms with Gasteiger partial charge in [0.1, 0.15) is 5.75 Å². The number of hydrazone groups is 1. The zero-order valence-electron chi connectivity index (χ0n) is 14.3. The van der Waals surface area contributed by atoms with Crippen LogP contribution in [0.2, 0.25) is 5.02 Å². The van der Waals surface area contributed by atoms with Crippen molar-refractivity contribution < 1.29 is 14.3 Å². The molecule has 0 unspecified atom stereocenters. The van der Waals surface area contributed by atoms with E-state index in [9.17, 15) is 9.59 Å². The quantitative estimate of drug-likeness (QED) is 0.465. The number of amides is 2. The van der Waals surface area contributed by atoms with Crippen LogP contribution in [0.15, 0.2) is 35.5 Å². The Bertz CT molecular complexity index is 829. The minimum Gasteiger partial charge on any atom is -0.493 e. The second kappa shape index (κ2) is 5.68. The first-order chi connectivity index (χ1) is 12.6. The normalized spacial score (nSPS) is 36.6. The molecule has 5 nitrogen and oxygen atoms in total. The topological polar surface area (TPSA) is 59.0 Å². The molecule has 1 aromatic rings. The van der Waals surface area contributed by atoms with E-state index in [1.165, 1.54) is 6.21 Å². The van der Waals surface area contributed by atoms with Gasteiger partial charge in [0.05, 0.1) is 24.7 Å². The molecule has 3 fully saturated rings. The van der Waals surface area contributed by atoms with Gasteiger partial charge < -0.3 is 4.74 Å². The Morgan fingerprint density at radius 1 is 1.19 bits per heavy atom. The Balaban J connectivity index is 1.44. The Hall–Kier alpha value is -2.14. The molecule has 1 heterocycles. The van der Waals surface area contributed by atoms with Crippen LogP contribution in [-0.2, 0) is 9.59 Å². The smallest absolute Gasteiger partial charge is 0.254 e. The number of allylic oxidation sites excluding steroid dienone is 2. The highest BCUT2D eigenvalue weighted by molar-refractivity contribution is 6.31. The number of carbonyl (C=O) groups is 2. The summed E-state index contributed by atoms with van der Waals surface area (Å²) < 4.78 is 5.57. The van der Waals surface area contributed by atoms with Crippen LogP contribution in [0.1, 0.15) is 18.9 Å². The van der Waals surface area contributed by atoms with E-state index in [2.05, 4.69) is 17.3 Å². The first kappa shape index (κ1) is 16.1. The van der Waals surface area contributed by atoms with Crippen LogP contribution in [0, 0.1) is 35.5 Å². The predicted molar refractivity (Wildman–Crippen MR) is 96.8 cm³/mol. The van der Waals surface area contributed by atoms with Gasteiger partial charge >= 0.3 is 0 Å². The number of hydrogen-bond donors (Lipinski definition) is 0. The van der Waals surface area contributed by atoms with Crippen LogP contribution in [0.4, 0.5) is 0 Å². The first-order valence-corrected chi connectivity index (χ1v) is 9.50. The SMILES string of the molecule is CCOc1ccc(Cl)cc1/C=N\N1C(=O)[C@@H]2[C@@H]3C=C[C@H]([C@@H]4C[C@H]34)[C@@H]2C1=O. The number of nitrogens with zero attached hydrogens (tertiary/aromatic N) is 2. The molecular formula is C20H19ClN2O3. The summed E-state index contributed by atoms with van der Waals surface area (Å²) in [7, 11) is 0. The number of halogens is 1. The molecule has 4 aliphatic carbocycles. The summed E-state index contributed by atoms with van der Waals surface area (Å²) in [4.78, 5) is 25.8. The summed E-state index contributed by atoms with van der Waals surface area (Å²) in [6.07, 6.45) is 6.96. The fourth-order valence-corrected chi connectivity index (χ4v) is 5.26. The third-order valence-corrected chi connectivity index (χ3v) is 6.46. The molecule has 26 heavy (non-hydrogen) atoms. The lowest BCUT2D eigenvalue weighted by Gasteiger charge is -2.37. The van der Waals surface area contributed by atoms with Gasteiger partial charge in [0.25, 0.3) is 11.8 Å². The van der Waals surface area contributed by atoms with Gasteiger partial charge in [0.15, 0.2) is 0 Å². The van der Waals surface area contributed by atoms with Gasteiger partial charge in [-0.2, -0.15) is 10.1 Å². The van der Waals surface area contributed by atoms with Gasteiger partial charge in [0, 0.05) is 10.6 Å². The molecule has 5 aliphatic rings. The third kappa shape index (κ3) is 2.19. The fourth-order valence-electron chi connectivity index (χ4n) is 5.08. The molecule has 1 saturated heterocycles. The molecule has 0 spiro atoms. The second-order valence-electron chi connectivity index (χ2n) is 7.50. The van der Waals surface area contributed by atoms with Crippen molar-refractivity contribution in [3.63, 3.8) is 0 Å². The van der Waals surface area contributed by atoms with Crippen LogP contribution in [0.25, 0.3) is 0 Å². The van der Waals surface area contributed by atoms with Crippen molar-refractivity contribution in [2.75, 3.05) is 6.61 Å². The molecule has 1 aromatic carbocycles. The second-order valence-corrected chi connectivity index (χ2v) is 7.94. The maximum atomic E-state index is 12.9. The van der Waals surface area contributed by atoms with Crippen LogP contribution >= 0.6 is 11.6 Å². The number of rotatable bonds is 4. The summed E-state index contributed by atoms with van der Waals surface area (Å²) in [5, 5.41) is 5.86. The fraction of sp³-hybridized carbons (Fsp3) is 0.450. The third-order valence-electron chi connectivity index (χ3n) is 6.22. The highest BCUT2D eigenvalue weighted by Gasteiger charge is 2.67. The molecular weight excluding hydrogens is 352 g/mol. The van der Waals surface area contributed by atoms with Gasteiger partial charge in [-0.25, -0.2) is 0 Å². The lowest BCUT2D eigenvalue weighted by molar-refractivity contribution is -0.140. The minimum atomic E-state index is -0.232. The highest BCUT2D eigenvalue weighted by atomic mass is 35.5. The van der Waals surface area contributed by atoms with E-state index in [-0.39, 0.29) is 35.5 Å². The molecule has 6 rings (SSSR count). The molecule has 134 valence electrons. The summed E-state index contributed by atoms with van der Waals surface area (Å²) >= 11 is 6.06. The molecule has 6 heteroatoms. The van der Waals surface area contributed by atoms with Crippen molar-refractivity contribution in [3.8, 4) is 5.75 Å². The zero-order valence-corrected chi connectivity index (χ0v) is 15.1. The standard InChI is InChI=1S/C20H19ClN2O3/c1-2-26-16-6-3-11(21)7-10(16)9-22-23-19(24)17-12-4-5-13(15-8-14(12)15)18(17)20(23)25/h3-7,9,12-15,17-18H,2,8H2,1H3/b22-9-/t12-,13-,14-,15+,17-,18+/m1/s1. The molecule has 1 aliphatic heterocycles. The number of imide groups is 1. The molecule has 0 N–H and O–H groups in total.